The number of hydrogen-bond donors (Lipinski definition) is 0. The summed E-state index contributed by atoms with van der Waals surface area (Å²) in [4.78, 5) is 14.1. The molecule has 0 saturated heterocycles. The third-order valence-electron chi connectivity index (χ3n) is 5.08. The molecule has 0 saturated carbocycles. The second-order valence-electron chi connectivity index (χ2n) is 7.32. The molecule has 1 amide bonds. The zero-order valence-corrected chi connectivity index (χ0v) is 18.2. The molecule has 0 bridgehead atoms. The van der Waals surface area contributed by atoms with Crippen molar-refractivity contribution in [3.63, 3.8) is 0 Å². The molecule has 170 valence electrons. The standard InChI is InChI=1S/C23H24F3N3O3/c1-15-5-8-17(9-6-15)29-21(23(24,25)26)18(14-27-29)22(30)28(2)12-11-16-7-10-19(31-3)20(13-16)32-4/h5-10,13-14H,11-12H2,1-4H3. The Hall–Kier alpha value is -3.49. The molecule has 0 fully saturated rings. The maximum atomic E-state index is 13.9. The average molecular weight is 447 g/mol. The molecule has 2 aromatic carbocycles. The molecule has 0 N–H and O–H groups in total. The summed E-state index contributed by atoms with van der Waals surface area (Å²) in [7, 11) is 4.51. The summed E-state index contributed by atoms with van der Waals surface area (Å²) in [5.41, 5.74) is 0.404. The molecule has 0 unspecified atom stereocenters. The summed E-state index contributed by atoms with van der Waals surface area (Å²) in [6.07, 6.45) is -3.36. The van der Waals surface area contributed by atoms with Crippen molar-refractivity contribution < 1.29 is 27.4 Å². The van der Waals surface area contributed by atoms with Gasteiger partial charge in [-0.05, 0) is 43.2 Å². The first-order chi connectivity index (χ1) is 15.2. The first kappa shape index (κ1) is 23.2. The number of hydrogen-bond acceptors (Lipinski definition) is 4. The lowest BCUT2D eigenvalue weighted by Gasteiger charge is -2.19. The topological polar surface area (TPSA) is 56.6 Å². The molecule has 9 heteroatoms. The summed E-state index contributed by atoms with van der Waals surface area (Å²) in [6.45, 7) is 2.04. The van der Waals surface area contributed by atoms with Gasteiger partial charge in [0.15, 0.2) is 17.2 Å². The fourth-order valence-electron chi connectivity index (χ4n) is 3.30. The molecule has 0 spiro atoms. The fourth-order valence-corrected chi connectivity index (χ4v) is 3.30. The number of aryl methyl sites for hydroxylation is 1. The summed E-state index contributed by atoms with van der Waals surface area (Å²) in [6, 6.07) is 11.8. The first-order valence-electron chi connectivity index (χ1n) is 9.84. The Kier molecular flexibility index (Phi) is 6.76. The van der Waals surface area contributed by atoms with E-state index in [1.807, 2.05) is 13.0 Å². The van der Waals surface area contributed by atoms with E-state index in [4.69, 9.17) is 9.47 Å². The molecule has 0 radical (unpaired) electrons. The largest absolute Gasteiger partial charge is 0.493 e. The highest BCUT2D eigenvalue weighted by Gasteiger charge is 2.41. The summed E-state index contributed by atoms with van der Waals surface area (Å²) in [5, 5.41) is 3.86. The zero-order valence-electron chi connectivity index (χ0n) is 18.2. The van der Waals surface area contributed by atoms with Crippen molar-refractivity contribution >= 4 is 5.91 Å². The van der Waals surface area contributed by atoms with Gasteiger partial charge < -0.3 is 14.4 Å². The van der Waals surface area contributed by atoms with E-state index in [-0.39, 0.29) is 12.2 Å². The number of carbonyl (C=O) groups excluding carboxylic acids is 1. The Balaban J connectivity index is 1.83. The normalized spacial score (nSPS) is 11.3. The Labute approximate surface area is 184 Å². The molecular formula is C23H24F3N3O3. The van der Waals surface area contributed by atoms with Crippen molar-refractivity contribution in [1.29, 1.82) is 0 Å². The smallest absolute Gasteiger partial charge is 0.434 e. The molecular weight excluding hydrogens is 423 g/mol. The number of methoxy groups -OCH3 is 2. The van der Waals surface area contributed by atoms with E-state index >= 15 is 0 Å². The van der Waals surface area contributed by atoms with Crippen molar-refractivity contribution in [1.82, 2.24) is 14.7 Å². The van der Waals surface area contributed by atoms with E-state index < -0.39 is 23.3 Å². The number of nitrogens with zero attached hydrogens (tertiary/aromatic N) is 3. The van der Waals surface area contributed by atoms with Gasteiger partial charge in [0.05, 0.1) is 31.7 Å². The number of benzene rings is 2. The number of ether oxygens (including phenoxy) is 2. The summed E-state index contributed by atoms with van der Waals surface area (Å²) < 4.78 is 52.9. The van der Waals surface area contributed by atoms with Crippen molar-refractivity contribution in [2.24, 2.45) is 0 Å². The van der Waals surface area contributed by atoms with Crippen LogP contribution < -0.4 is 9.47 Å². The fraction of sp³-hybridized carbons (Fsp3) is 0.304. The van der Waals surface area contributed by atoms with Gasteiger partial charge in [0.1, 0.15) is 0 Å². The van der Waals surface area contributed by atoms with Crippen LogP contribution in [0.4, 0.5) is 13.2 Å². The Bertz CT molecular complexity index is 1090. The van der Waals surface area contributed by atoms with Gasteiger partial charge >= 0.3 is 6.18 Å². The number of carbonyl (C=O) groups is 1. The second kappa shape index (κ2) is 9.33. The van der Waals surface area contributed by atoms with Gasteiger partial charge in [-0.2, -0.15) is 18.3 Å². The van der Waals surface area contributed by atoms with E-state index in [0.29, 0.717) is 17.9 Å². The minimum Gasteiger partial charge on any atom is -0.493 e. The van der Waals surface area contributed by atoms with Crippen LogP contribution in [0.3, 0.4) is 0 Å². The summed E-state index contributed by atoms with van der Waals surface area (Å²) >= 11 is 0. The predicted octanol–water partition coefficient (Wildman–Crippen LogP) is 4.53. The van der Waals surface area contributed by atoms with E-state index in [1.54, 1.807) is 24.3 Å². The molecule has 0 aliphatic heterocycles. The van der Waals surface area contributed by atoms with Gasteiger partial charge in [0.25, 0.3) is 5.91 Å². The maximum absolute atomic E-state index is 13.9. The maximum Gasteiger partial charge on any atom is 0.434 e. The lowest BCUT2D eigenvalue weighted by atomic mass is 10.1. The second-order valence-corrected chi connectivity index (χ2v) is 7.32. The third-order valence-corrected chi connectivity index (χ3v) is 5.08. The van der Waals surface area contributed by atoms with Crippen LogP contribution in [0, 0.1) is 6.92 Å². The quantitative estimate of drug-likeness (QED) is 0.534. The van der Waals surface area contributed by atoms with Crippen LogP contribution in [0.25, 0.3) is 5.69 Å². The molecule has 0 aliphatic rings. The van der Waals surface area contributed by atoms with Gasteiger partial charge in [-0.15, -0.1) is 0 Å². The SMILES string of the molecule is COc1ccc(CCN(C)C(=O)c2cnn(-c3ccc(C)cc3)c2C(F)(F)F)cc1OC. The van der Waals surface area contributed by atoms with E-state index in [2.05, 4.69) is 5.10 Å². The predicted molar refractivity (Wildman–Crippen MR) is 114 cm³/mol. The van der Waals surface area contributed by atoms with Gasteiger partial charge in [-0.3, -0.25) is 4.79 Å². The molecule has 0 atom stereocenters. The highest BCUT2D eigenvalue weighted by Crippen LogP contribution is 2.34. The lowest BCUT2D eigenvalue weighted by molar-refractivity contribution is -0.143. The average Bonchev–Trinajstić information content (AvgIpc) is 3.23. The minimum absolute atomic E-state index is 0.210. The first-order valence-corrected chi connectivity index (χ1v) is 9.84. The molecule has 1 aromatic heterocycles. The lowest BCUT2D eigenvalue weighted by Crippen LogP contribution is -2.30. The van der Waals surface area contributed by atoms with Crippen LogP contribution in [-0.4, -0.2) is 48.4 Å². The van der Waals surface area contributed by atoms with Crippen molar-refractivity contribution in [3.8, 4) is 17.2 Å². The van der Waals surface area contributed by atoms with Gasteiger partial charge in [0.2, 0.25) is 0 Å². The van der Waals surface area contributed by atoms with Crippen LogP contribution in [0.5, 0.6) is 11.5 Å². The van der Waals surface area contributed by atoms with Gasteiger partial charge in [-0.1, -0.05) is 23.8 Å². The number of alkyl halides is 3. The Morgan fingerprint density at radius 2 is 1.72 bits per heavy atom. The summed E-state index contributed by atoms with van der Waals surface area (Å²) in [5.74, 6) is 0.355. The minimum atomic E-state index is -4.75. The third kappa shape index (κ3) is 4.87. The number of aromatic nitrogens is 2. The molecule has 6 nitrogen and oxygen atoms in total. The Morgan fingerprint density at radius 3 is 2.31 bits per heavy atom. The number of halogens is 3. The van der Waals surface area contributed by atoms with Crippen LogP contribution >= 0.6 is 0 Å². The number of likely N-dealkylation sites (N-methyl/N-ethyl adjacent to an activating group) is 1. The van der Waals surface area contributed by atoms with E-state index in [0.717, 1.165) is 22.0 Å². The van der Waals surface area contributed by atoms with Crippen LogP contribution in [-0.2, 0) is 12.6 Å². The number of rotatable bonds is 7. The molecule has 32 heavy (non-hydrogen) atoms. The monoisotopic (exact) mass is 447 g/mol. The molecule has 0 aliphatic carbocycles. The highest BCUT2D eigenvalue weighted by atomic mass is 19.4. The van der Waals surface area contributed by atoms with E-state index in [1.165, 1.54) is 38.3 Å². The number of amides is 1. The van der Waals surface area contributed by atoms with Crippen molar-refractivity contribution in [2.45, 2.75) is 19.5 Å². The van der Waals surface area contributed by atoms with Crippen molar-refractivity contribution in [3.05, 3.63) is 71.0 Å². The van der Waals surface area contributed by atoms with Crippen molar-refractivity contribution in [2.75, 3.05) is 27.8 Å². The van der Waals surface area contributed by atoms with Crippen LogP contribution in [0.1, 0.15) is 27.2 Å². The Morgan fingerprint density at radius 1 is 1.06 bits per heavy atom. The van der Waals surface area contributed by atoms with Crippen LogP contribution in [0.2, 0.25) is 0 Å². The van der Waals surface area contributed by atoms with E-state index in [9.17, 15) is 18.0 Å². The molecule has 1 heterocycles. The highest BCUT2D eigenvalue weighted by molar-refractivity contribution is 5.95. The zero-order chi connectivity index (χ0) is 23.5. The van der Waals surface area contributed by atoms with Gasteiger partial charge in [-0.25, -0.2) is 4.68 Å². The molecule has 3 aromatic rings. The van der Waals surface area contributed by atoms with Gasteiger partial charge in [0, 0.05) is 13.6 Å². The van der Waals surface area contributed by atoms with Crippen LogP contribution in [0.15, 0.2) is 48.7 Å². The molecule has 3 rings (SSSR count).